The van der Waals surface area contributed by atoms with Gasteiger partial charge in [0.15, 0.2) is 0 Å². The molecular formula is C19H22N2O4S. The zero-order valence-electron chi connectivity index (χ0n) is 14.6. The van der Waals surface area contributed by atoms with Gasteiger partial charge >= 0.3 is 0 Å². The number of carbonyl (C=O) groups excluding carboxylic acids is 1. The summed E-state index contributed by atoms with van der Waals surface area (Å²) in [7, 11) is -3.50. The number of ether oxygens (including phenoxy) is 1. The summed E-state index contributed by atoms with van der Waals surface area (Å²) in [6.07, 6.45) is 1.76. The van der Waals surface area contributed by atoms with Crippen LogP contribution in [0.2, 0.25) is 0 Å². The topological polar surface area (TPSA) is 84.5 Å². The Balaban J connectivity index is 1.47. The molecule has 0 unspecified atom stereocenters. The van der Waals surface area contributed by atoms with Crippen LogP contribution in [0.4, 0.5) is 0 Å². The number of hydrogen-bond donors (Lipinski definition) is 2. The summed E-state index contributed by atoms with van der Waals surface area (Å²) in [6, 6.07) is 13.7. The van der Waals surface area contributed by atoms with Crippen LogP contribution < -0.4 is 14.8 Å². The largest absolute Gasteiger partial charge is 0.492 e. The van der Waals surface area contributed by atoms with E-state index in [0.717, 1.165) is 24.2 Å². The van der Waals surface area contributed by atoms with Gasteiger partial charge in [0.2, 0.25) is 10.0 Å². The third-order valence-electron chi connectivity index (χ3n) is 4.00. The summed E-state index contributed by atoms with van der Waals surface area (Å²) < 4.78 is 32.4. The third-order valence-corrected chi connectivity index (χ3v) is 5.54. The maximum absolute atomic E-state index is 12.1. The summed E-state index contributed by atoms with van der Waals surface area (Å²) in [5, 5.41) is 2.75. The van der Waals surface area contributed by atoms with Gasteiger partial charge in [-0.15, -0.1) is 0 Å². The Labute approximate surface area is 153 Å². The van der Waals surface area contributed by atoms with Gasteiger partial charge in [0.05, 0.1) is 11.4 Å². The van der Waals surface area contributed by atoms with Crippen LogP contribution in [-0.4, -0.2) is 33.5 Å². The van der Waals surface area contributed by atoms with E-state index in [0.29, 0.717) is 18.7 Å². The zero-order chi connectivity index (χ0) is 18.6. The minimum absolute atomic E-state index is 0.0523. The standard InChI is InChI=1S/C19H22N2O4S/c1-14-2-8-17(9-3-14)25-13-12-20-19(22)15-4-10-18(11-5-15)26(23,24)21-16-6-7-16/h2-5,8-11,16,21H,6-7,12-13H2,1H3,(H,20,22). The molecule has 0 spiro atoms. The molecule has 0 aromatic heterocycles. The van der Waals surface area contributed by atoms with E-state index >= 15 is 0 Å². The Morgan fingerprint density at radius 3 is 2.35 bits per heavy atom. The number of nitrogens with one attached hydrogen (secondary N) is 2. The number of sulfonamides is 1. The molecule has 0 heterocycles. The van der Waals surface area contributed by atoms with Gasteiger partial charge in [-0.1, -0.05) is 17.7 Å². The second-order valence-electron chi connectivity index (χ2n) is 6.34. The lowest BCUT2D eigenvalue weighted by Crippen LogP contribution is -2.28. The van der Waals surface area contributed by atoms with Crippen molar-refractivity contribution < 1.29 is 17.9 Å². The van der Waals surface area contributed by atoms with E-state index in [9.17, 15) is 13.2 Å². The maximum Gasteiger partial charge on any atom is 0.251 e. The van der Waals surface area contributed by atoms with Crippen molar-refractivity contribution in [2.75, 3.05) is 13.2 Å². The number of hydrogen-bond acceptors (Lipinski definition) is 4. The summed E-state index contributed by atoms with van der Waals surface area (Å²) in [5.41, 5.74) is 1.56. The fourth-order valence-electron chi connectivity index (χ4n) is 2.34. The summed E-state index contributed by atoms with van der Waals surface area (Å²) >= 11 is 0. The van der Waals surface area contributed by atoms with Crippen LogP contribution in [0.1, 0.15) is 28.8 Å². The van der Waals surface area contributed by atoms with Gasteiger partial charge in [0.25, 0.3) is 5.91 Å². The third kappa shape index (κ3) is 5.06. The molecule has 3 rings (SSSR count). The van der Waals surface area contributed by atoms with Crippen molar-refractivity contribution in [3.8, 4) is 5.75 Å². The molecule has 2 N–H and O–H groups in total. The van der Waals surface area contributed by atoms with E-state index in [2.05, 4.69) is 10.0 Å². The highest BCUT2D eigenvalue weighted by Gasteiger charge is 2.27. The predicted molar refractivity (Wildman–Crippen MR) is 98.8 cm³/mol. The first-order chi connectivity index (χ1) is 12.4. The van der Waals surface area contributed by atoms with Gasteiger partial charge in [0.1, 0.15) is 12.4 Å². The first-order valence-corrected chi connectivity index (χ1v) is 10.0. The molecule has 138 valence electrons. The molecule has 1 aliphatic carbocycles. The molecule has 2 aromatic carbocycles. The Morgan fingerprint density at radius 1 is 1.08 bits per heavy atom. The molecule has 2 aromatic rings. The second kappa shape index (κ2) is 7.88. The SMILES string of the molecule is Cc1ccc(OCCNC(=O)c2ccc(S(=O)(=O)NC3CC3)cc2)cc1. The quantitative estimate of drug-likeness (QED) is 0.694. The smallest absolute Gasteiger partial charge is 0.251 e. The van der Waals surface area contributed by atoms with Gasteiger partial charge < -0.3 is 10.1 Å². The summed E-state index contributed by atoms with van der Waals surface area (Å²) in [5.74, 6) is 0.485. The van der Waals surface area contributed by atoms with Crippen molar-refractivity contribution in [1.29, 1.82) is 0 Å². The van der Waals surface area contributed by atoms with E-state index < -0.39 is 10.0 Å². The maximum atomic E-state index is 12.1. The number of aryl methyl sites for hydroxylation is 1. The van der Waals surface area contributed by atoms with Crippen LogP contribution in [0, 0.1) is 6.92 Å². The Morgan fingerprint density at radius 2 is 1.73 bits per heavy atom. The van der Waals surface area contributed by atoms with E-state index in [1.54, 1.807) is 0 Å². The number of carbonyl (C=O) groups is 1. The molecule has 0 radical (unpaired) electrons. The average Bonchev–Trinajstić information content (AvgIpc) is 3.43. The number of rotatable bonds is 8. The van der Waals surface area contributed by atoms with Crippen LogP contribution in [0.15, 0.2) is 53.4 Å². The van der Waals surface area contributed by atoms with Crippen LogP contribution in [0.25, 0.3) is 0 Å². The molecule has 1 amide bonds. The van der Waals surface area contributed by atoms with Crippen molar-refractivity contribution in [3.05, 3.63) is 59.7 Å². The molecule has 0 atom stereocenters. The number of benzene rings is 2. The molecular weight excluding hydrogens is 352 g/mol. The van der Waals surface area contributed by atoms with Crippen molar-refractivity contribution in [3.63, 3.8) is 0 Å². The fourth-order valence-corrected chi connectivity index (χ4v) is 3.65. The Kier molecular flexibility index (Phi) is 5.58. The average molecular weight is 374 g/mol. The highest BCUT2D eigenvalue weighted by Crippen LogP contribution is 2.22. The summed E-state index contributed by atoms with van der Waals surface area (Å²) in [4.78, 5) is 12.3. The zero-order valence-corrected chi connectivity index (χ0v) is 15.4. The molecule has 0 saturated heterocycles. The highest BCUT2D eigenvalue weighted by atomic mass is 32.2. The molecule has 1 saturated carbocycles. The van der Waals surface area contributed by atoms with E-state index in [4.69, 9.17) is 4.74 Å². The molecule has 1 fully saturated rings. The monoisotopic (exact) mass is 374 g/mol. The minimum Gasteiger partial charge on any atom is -0.492 e. The van der Waals surface area contributed by atoms with Gasteiger partial charge in [-0.3, -0.25) is 4.79 Å². The predicted octanol–water partition coefficient (Wildman–Crippen LogP) is 2.24. The fraction of sp³-hybridized carbons (Fsp3) is 0.316. The van der Waals surface area contributed by atoms with Crippen molar-refractivity contribution in [1.82, 2.24) is 10.0 Å². The van der Waals surface area contributed by atoms with Crippen molar-refractivity contribution in [2.45, 2.75) is 30.7 Å². The van der Waals surface area contributed by atoms with Gasteiger partial charge in [-0.2, -0.15) is 0 Å². The van der Waals surface area contributed by atoms with Gasteiger partial charge in [0, 0.05) is 11.6 Å². The molecule has 1 aliphatic rings. The van der Waals surface area contributed by atoms with Crippen LogP contribution in [0.5, 0.6) is 5.75 Å². The first kappa shape index (κ1) is 18.4. The Bertz CT molecular complexity index is 857. The lowest BCUT2D eigenvalue weighted by Gasteiger charge is -2.09. The molecule has 7 heteroatoms. The number of amides is 1. The van der Waals surface area contributed by atoms with E-state index in [1.807, 2.05) is 31.2 Å². The second-order valence-corrected chi connectivity index (χ2v) is 8.05. The Hall–Kier alpha value is -2.38. The first-order valence-electron chi connectivity index (χ1n) is 8.54. The lowest BCUT2D eigenvalue weighted by molar-refractivity contribution is 0.0947. The van der Waals surface area contributed by atoms with E-state index in [-0.39, 0.29) is 16.8 Å². The molecule has 0 aliphatic heterocycles. The molecule has 6 nitrogen and oxygen atoms in total. The van der Waals surface area contributed by atoms with E-state index in [1.165, 1.54) is 24.3 Å². The van der Waals surface area contributed by atoms with Crippen LogP contribution >= 0.6 is 0 Å². The normalized spacial score (nSPS) is 14.0. The van der Waals surface area contributed by atoms with Crippen molar-refractivity contribution in [2.24, 2.45) is 0 Å². The molecule has 26 heavy (non-hydrogen) atoms. The highest BCUT2D eigenvalue weighted by molar-refractivity contribution is 7.89. The van der Waals surface area contributed by atoms with Crippen molar-refractivity contribution >= 4 is 15.9 Å². The lowest BCUT2D eigenvalue weighted by atomic mass is 10.2. The summed E-state index contributed by atoms with van der Waals surface area (Å²) in [6.45, 7) is 2.71. The molecule has 0 bridgehead atoms. The minimum atomic E-state index is -3.50. The van der Waals surface area contributed by atoms with Crippen LogP contribution in [0.3, 0.4) is 0 Å². The van der Waals surface area contributed by atoms with Gasteiger partial charge in [-0.25, -0.2) is 13.1 Å². The van der Waals surface area contributed by atoms with Crippen LogP contribution in [-0.2, 0) is 10.0 Å². The van der Waals surface area contributed by atoms with Gasteiger partial charge in [-0.05, 0) is 56.2 Å².